The number of ether oxygens (including phenoxy) is 1. The summed E-state index contributed by atoms with van der Waals surface area (Å²) in [6.45, 7) is 2.17. The van der Waals surface area contributed by atoms with Crippen LogP contribution in [-0.2, 0) is 0 Å². The lowest BCUT2D eigenvalue weighted by Gasteiger charge is -2.15. The van der Waals surface area contributed by atoms with Gasteiger partial charge >= 0.3 is 0 Å². The fourth-order valence-corrected chi connectivity index (χ4v) is 4.18. The second-order valence-corrected chi connectivity index (χ2v) is 8.09. The van der Waals surface area contributed by atoms with E-state index in [2.05, 4.69) is 44.9 Å². The van der Waals surface area contributed by atoms with Gasteiger partial charge in [0.1, 0.15) is 0 Å². The Morgan fingerprint density at radius 3 is 3.00 bits per heavy atom. The molecule has 3 heterocycles. The summed E-state index contributed by atoms with van der Waals surface area (Å²) >= 11 is 3.31. The van der Waals surface area contributed by atoms with Gasteiger partial charge in [-0.2, -0.15) is 4.98 Å². The summed E-state index contributed by atoms with van der Waals surface area (Å²) in [5.41, 5.74) is 2.58. The molecule has 0 radical (unpaired) electrons. The number of thiophene rings is 1. The Morgan fingerprint density at radius 1 is 1.22 bits per heavy atom. The summed E-state index contributed by atoms with van der Waals surface area (Å²) in [4.78, 5) is 5.81. The van der Waals surface area contributed by atoms with Crippen molar-refractivity contribution < 1.29 is 4.74 Å². The van der Waals surface area contributed by atoms with Crippen LogP contribution in [0.3, 0.4) is 0 Å². The molecule has 138 valence electrons. The van der Waals surface area contributed by atoms with Crippen molar-refractivity contribution in [1.29, 1.82) is 0 Å². The Hall–Kier alpha value is -2.38. The predicted molar refractivity (Wildman–Crippen MR) is 112 cm³/mol. The normalized spacial score (nSPS) is 15.5. The van der Waals surface area contributed by atoms with Crippen molar-refractivity contribution >= 4 is 34.9 Å². The van der Waals surface area contributed by atoms with Crippen molar-refractivity contribution in [2.75, 3.05) is 11.1 Å². The Morgan fingerprint density at radius 2 is 2.15 bits per heavy atom. The topological polar surface area (TPSA) is 59.9 Å². The maximum absolute atomic E-state index is 6.16. The number of unbranched alkanes of at least 4 members (excludes halogenated alkanes) is 1. The van der Waals surface area contributed by atoms with Crippen LogP contribution >= 0.6 is 23.1 Å². The van der Waals surface area contributed by atoms with E-state index in [-0.39, 0.29) is 6.23 Å². The van der Waals surface area contributed by atoms with Crippen LogP contribution in [0.4, 0.5) is 5.69 Å². The second kappa shape index (κ2) is 8.54. The third kappa shape index (κ3) is 4.31. The lowest BCUT2D eigenvalue weighted by molar-refractivity contribution is 0.266. The molecule has 0 saturated heterocycles. The van der Waals surface area contributed by atoms with Crippen LogP contribution in [0.25, 0.3) is 17.3 Å². The summed E-state index contributed by atoms with van der Waals surface area (Å²) in [5.74, 6) is 1.50. The van der Waals surface area contributed by atoms with E-state index in [4.69, 9.17) is 4.74 Å². The molecule has 0 aliphatic carbocycles. The molecule has 2 aromatic heterocycles. The van der Waals surface area contributed by atoms with Gasteiger partial charge in [0, 0.05) is 21.9 Å². The number of thioether (sulfide) groups is 1. The van der Waals surface area contributed by atoms with Gasteiger partial charge in [-0.25, -0.2) is 0 Å². The van der Waals surface area contributed by atoms with Gasteiger partial charge in [0.05, 0.1) is 0 Å². The van der Waals surface area contributed by atoms with Crippen molar-refractivity contribution in [3.05, 3.63) is 52.7 Å². The van der Waals surface area contributed by atoms with Crippen LogP contribution in [0.2, 0.25) is 0 Å². The molecule has 3 aromatic rings. The molecular weight excluding hydrogens is 376 g/mol. The highest BCUT2D eigenvalue weighted by Crippen LogP contribution is 2.36. The number of benzene rings is 1. The minimum Gasteiger partial charge on any atom is -0.448 e. The molecule has 0 fully saturated rings. The molecule has 1 aliphatic rings. The number of hydrogen-bond acceptors (Lipinski definition) is 7. The molecular formula is C20H20N4OS2. The lowest BCUT2D eigenvalue weighted by atomic mass is 10.1. The Bertz CT molecular complexity index is 927. The SMILES string of the molecule is CCCCSc1nnc2c(n1)O[C@H](/C=C\c1cccs1)Nc1ccccc1-2. The standard InChI is InChI=1S/C20H20N4OS2/c1-2-3-12-27-20-22-19-18(23-24-20)15-8-4-5-9-16(15)21-17(25-19)11-10-14-7-6-13-26-14/h4-11,13,17,21H,2-3,12H2,1H3/b11-10-/t17-/m1/s1. The number of rotatable bonds is 6. The number of anilines is 1. The summed E-state index contributed by atoms with van der Waals surface area (Å²) in [6, 6.07) is 12.1. The molecule has 1 aliphatic heterocycles. The second-order valence-electron chi connectivity index (χ2n) is 6.05. The highest BCUT2D eigenvalue weighted by Gasteiger charge is 2.23. The number of fused-ring (bicyclic) bond motifs is 3. The van der Waals surface area contributed by atoms with Gasteiger partial charge in [-0.1, -0.05) is 49.4 Å². The lowest BCUT2D eigenvalue weighted by Crippen LogP contribution is -2.23. The number of nitrogens with one attached hydrogen (secondary N) is 1. The zero-order valence-electron chi connectivity index (χ0n) is 15.0. The van der Waals surface area contributed by atoms with E-state index >= 15 is 0 Å². The first-order chi connectivity index (χ1) is 13.3. The molecule has 0 saturated carbocycles. The van der Waals surface area contributed by atoms with Gasteiger partial charge in [0.2, 0.25) is 11.0 Å². The molecule has 0 unspecified atom stereocenters. The highest BCUT2D eigenvalue weighted by molar-refractivity contribution is 7.99. The van der Waals surface area contributed by atoms with Crippen LogP contribution in [0.15, 0.2) is 53.0 Å². The van der Waals surface area contributed by atoms with Gasteiger partial charge in [-0.05, 0) is 36.1 Å². The maximum Gasteiger partial charge on any atom is 0.247 e. The van der Waals surface area contributed by atoms with E-state index in [1.165, 1.54) is 4.88 Å². The zero-order valence-corrected chi connectivity index (χ0v) is 16.6. The smallest absolute Gasteiger partial charge is 0.247 e. The molecule has 1 atom stereocenters. The Labute approximate surface area is 166 Å². The number of hydrogen-bond donors (Lipinski definition) is 1. The fraction of sp³-hybridized carbons (Fsp3) is 0.250. The van der Waals surface area contributed by atoms with E-state index in [1.54, 1.807) is 23.1 Å². The third-order valence-electron chi connectivity index (χ3n) is 4.06. The zero-order chi connectivity index (χ0) is 18.5. The van der Waals surface area contributed by atoms with Crippen molar-refractivity contribution in [2.24, 2.45) is 0 Å². The van der Waals surface area contributed by atoms with Crippen LogP contribution in [-0.4, -0.2) is 27.2 Å². The van der Waals surface area contributed by atoms with Gasteiger partial charge in [-0.15, -0.1) is 21.5 Å². The summed E-state index contributed by atoms with van der Waals surface area (Å²) in [7, 11) is 0. The van der Waals surface area contributed by atoms with Gasteiger partial charge < -0.3 is 10.1 Å². The monoisotopic (exact) mass is 396 g/mol. The number of para-hydroxylation sites is 1. The molecule has 0 spiro atoms. The van der Waals surface area contributed by atoms with Crippen molar-refractivity contribution in [3.63, 3.8) is 0 Å². The largest absolute Gasteiger partial charge is 0.448 e. The van der Waals surface area contributed by atoms with Crippen LogP contribution < -0.4 is 10.1 Å². The fourth-order valence-electron chi connectivity index (χ4n) is 2.69. The first kappa shape index (κ1) is 18.0. The van der Waals surface area contributed by atoms with E-state index < -0.39 is 0 Å². The van der Waals surface area contributed by atoms with Crippen LogP contribution in [0, 0.1) is 0 Å². The minimum atomic E-state index is -0.334. The first-order valence-electron chi connectivity index (χ1n) is 8.95. The average molecular weight is 397 g/mol. The first-order valence-corrected chi connectivity index (χ1v) is 10.8. The van der Waals surface area contributed by atoms with Crippen molar-refractivity contribution in [3.8, 4) is 17.1 Å². The molecule has 7 heteroatoms. The van der Waals surface area contributed by atoms with E-state index in [0.717, 1.165) is 29.8 Å². The Balaban J connectivity index is 1.66. The van der Waals surface area contributed by atoms with Crippen molar-refractivity contribution in [2.45, 2.75) is 31.1 Å². The van der Waals surface area contributed by atoms with Gasteiger partial charge in [-0.3, -0.25) is 0 Å². The van der Waals surface area contributed by atoms with Gasteiger partial charge in [0.15, 0.2) is 11.9 Å². The summed E-state index contributed by atoms with van der Waals surface area (Å²) < 4.78 is 6.16. The summed E-state index contributed by atoms with van der Waals surface area (Å²) in [6.07, 6.45) is 6.00. The third-order valence-corrected chi connectivity index (χ3v) is 5.82. The van der Waals surface area contributed by atoms with Crippen LogP contribution in [0.1, 0.15) is 24.6 Å². The predicted octanol–water partition coefficient (Wildman–Crippen LogP) is 5.34. The maximum atomic E-state index is 6.16. The van der Waals surface area contributed by atoms with Crippen LogP contribution in [0.5, 0.6) is 5.88 Å². The molecule has 1 N–H and O–H groups in total. The molecule has 27 heavy (non-hydrogen) atoms. The molecule has 0 bridgehead atoms. The molecule has 0 amide bonds. The highest BCUT2D eigenvalue weighted by atomic mass is 32.2. The minimum absolute atomic E-state index is 0.334. The molecule has 5 nitrogen and oxygen atoms in total. The summed E-state index contributed by atoms with van der Waals surface area (Å²) in [5, 5.41) is 14.9. The number of nitrogens with zero attached hydrogens (tertiary/aromatic N) is 3. The van der Waals surface area contributed by atoms with Crippen molar-refractivity contribution in [1.82, 2.24) is 15.2 Å². The van der Waals surface area contributed by atoms with Gasteiger partial charge in [0.25, 0.3) is 0 Å². The Kier molecular flexibility index (Phi) is 5.69. The van der Waals surface area contributed by atoms with E-state index in [1.807, 2.05) is 36.4 Å². The number of aromatic nitrogens is 3. The van der Waals surface area contributed by atoms with E-state index in [0.29, 0.717) is 16.7 Å². The average Bonchev–Trinajstić information content (AvgIpc) is 3.15. The quantitative estimate of drug-likeness (QED) is 0.448. The molecule has 4 rings (SSSR count). The van der Waals surface area contributed by atoms with E-state index in [9.17, 15) is 0 Å². The molecule has 1 aromatic carbocycles.